The first-order chi connectivity index (χ1) is 11.0. The maximum absolute atomic E-state index is 12.2. The molecule has 1 aromatic carbocycles. The van der Waals surface area contributed by atoms with E-state index in [9.17, 15) is 9.59 Å². The molecular weight excluding hydrogens is 300 g/mol. The molecule has 1 saturated heterocycles. The maximum Gasteiger partial charge on any atom is 0.308 e. The molecule has 1 N–H and O–H groups in total. The van der Waals surface area contributed by atoms with Crippen molar-refractivity contribution in [3.63, 3.8) is 0 Å². The number of carbonyl (C=O) groups is 2. The summed E-state index contributed by atoms with van der Waals surface area (Å²) in [5, 5.41) is 17.9. The average Bonchev–Trinajstić information content (AvgIpc) is 2.59. The van der Waals surface area contributed by atoms with Crippen molar-refractivity contribution in [3.8, 4) is 17.6 Å². The molecule has 7 heteroatoms. The fraction of sp³-hybridized carbons (Fsp3) is 0.438. The van der Waals surface area contributed by atoms with Crippen LogP contribution in [0.15, 0.2) is 18.2 Å². The highest BCUT2D eigenvalue weighted by Crippen LogP contribution is 2.28. The summed E-state index contributed by atoms with van der Waals surface area (Å²) >= 11 is 0. The predicted octanol–water partition coefficient (Wildman–Crippen LogP) is 1.27. The van der Waals surface area contributed by atoms with E-state index in [4.69, 9.17) is 19.8 Å². The van der Waals surface area contributed by atoms with Crippen LogP contribution in [-0.4, -0.2) is 48.7 Å². The number of benzene rings is 1. The van der Waals surface area contributed by atoms with Gasteiger partial charge in [-0.25, -0.2) is 0 Å². The van der Waals surface area contributed by atoms with E-state index in [0.717, 1.165) is 0 Å². The summed E-state index contributed by atoms with van der Waals surface area (Å²) in [6.45, 7) is 0.549. The number of carboxylic acids is 1. The second kappa shape index (κ2) is 7.49. The third kappa shape index (κ3) is 4.13. The maximum atomic E-state index is 12.2. The summed E-state index contributed by atoms with van der Waals surface area (Å²) in [6, 6.07) is 6.67. The summed E-state index contributed by atoms with van der Waals surface area (Å²) < 4.78 is 10.6. The second-order valence-corrected chi connectivity index (χ2v) is 5.28. The third-order valence-corrected chi connectivity index (χ3v) is 3.77. The molecule has 1 atom stereocenters. The smallest absolute Gasteiger partial charge is 0.308 e. The molecule has 0 radical (unpaired) electrons. The molecular formula is C16H18N2O5. The number of ether oxygens (including phenoxy) is 2. The van der Waals surface area contributed by atoms with Crippen molar-refractivity contribution in [2.45, 2.75) is 12.8 Å². The minimum atomic E-state index is -0.878. The Balaban J connectivity index is 1.96. The standard InChI is InChI=1S/C16H18N2O5/c1-22-14-7-11(8-17)4-5-13(14)23-10-15(19)18-6-2-3-12(9-18)16(20)21/h4-5,7,12H,2-3,6,9-10H2,1H3,(H,20,21)/t12-/m0/s1. The highest BCUT2D eigenvalue weighted by molar-refractivity contribution is 5.79. The number of hydrogen-bond acceptors (Lipinski definition) is 5. The van der Waals surface area contributed by atoms with E-state index in [0.29, 0.717) is 36.4 Å². The van der Waals surface area contributed by atoms with Gasteiger partial charge in [-0.15, -0.1) is 0 Å². The Morgan fingerprint density at radius 2 is 2.22 bits per heavy atom. The normalized spacial score (nSPS) is 17.2. The lowest BCUT2D eigenvalue weighted by molar-refractivity contribution is -0.146. The summed E-state index contributed by atoms with van der Waals surface area (Å²) in [5.74, 6) is -0.915. The second-order valence-electron chi connectivity index (χ2n) is 5.28. The van der Waals surface area contributed by atoms with Gasteiger partial charge in [0.15, 0.2) is 18.1 Å². The molecule has 0 unspecified atom stereocenters. The Morgan fingerprint density at radius 3 is 2.87 bits per heavy atom. The monoisotopic (exact) mass is 318 g/mol. The van der Waals surface area contributed by atoms with E-state index in [1.165, 1.54) is 18.1 Å². The lowest BCUT2D eigenvalue weighted by atomic mass is 9.98. The van der Waals surface area contributed by atoms with Gasteiger partial charge >= 0.3 is 5.97 Å². The van der Waals surface area contributed by atoms with E-state index >= 15 is 0 Å². The summed E-state index contributed by atoms with van der Waals surface area (Å²) in [6.07, 6.45) is 1.26. The van der Waals surface area contributed by atoms with Crippen LogP contribution in [-0.2, 0) is 9.59 Å². The van der Waals surface area contributed by atoms with Crippen LogP contribution in [0.2, 0.25) is 0 Å². The van der Waals surface area contributed by atoms with Gasteiger partial charge in [-0.05, 0) is 25.0 Å². The Hall–Kier alpha value is -2.75. The zero-order chi connectivity index (χ0) is 16.8. The molecule has 1 amide bonds. The highest BCUT2D eigenvalue weighted by Gasteiger charge is 2.28. The summed E-state index contributed by atoms with van der Waals surface area (Å²) in [7, 11) is 1.45. The van der Waals surface area contributed by atoms with Gasteiger partial charge < -0.3 is 19.5 Å². The SMILES string of the molecule is COc1cc(C#N)ccc1OCC(=O)N1CCC[C@H](C(=O)O)C1. The minimum Gasteiger partial charge on any atom is -0.493 e. The molecule has 0 bridgehead atoms. The van der Waals surface area contributed by atoms with Crippen LogP contribution in [0.5, 0.6) is 11.5 Å². The van der Waals surface area contributed by atoms with Crippen LogP contribution in [0.25, 0.3) is 0 Å². The van der Waals surface area contributed by atoms with Crippen LogP contribution in [0.4, 0.5) is 0 Å². The number of aliphatic carboxylic acids is 1. The number of nitriles is 1. The van der Waals surface area contributed by atoms with Crippen molar-refractivity contribution < 1.29 is 24.2 Å². The Bertz CT molecular complexity index is 638. The Kier molecular flexibility index (Phi) is 5.41. The topological polar surface area (TPSA) is 99.9 Å². The van der Waals surface area contributed by atoms with Gasteiger partial charge in [0, 0.05) is 19.2 Å². The van der Waals surface area contributed by atoms with Crippen LogP contribution in [0, 0.1) is 17.2 Å². The molecule has 7 nitrogen and oxygen atoms in total. The number of amides is 1. The fourth-order valence-electron chi connectivity index (χ4n) is 2.49. The molecule has 2 rings (SSSR count). The number of carboxylic acid groups (broad SMARTS) is 1. The third-order valence-electron chi connectivity index (χ3n) is 3.77. The minimum absolute atomic E-state index is 0.200. The molecule has 0 aromatic heterocycles. The first-order valence-electron chi connectivity index (χ1n) is 7.26. The predicted molar refractivity (Wildman–Crippen MR) is 80.1 cm³/mol. The number of rotatable bonds is 5. The van der Waals surface area contributed by atoms with Gasteiger partial charge in [-0.3, -0.25) is 9.59 Å². The van der Waals surface area contributed by atoms with Crippen molar-refractivity contribution in [2.75, 3.05) is 26.8 Å². The number of hydrogen-bond donors (Lipinski definition) is 1. The van der Waals surface area contributed by atoms with Crippen LogP contribution >= 0.6 is 0 Å². The van der Waals surface area contributed by atoms with E-state index in [2.05, 4.69) is 0 Å². The molecule has 1 aliphatic heterocycles. The first kappa shape index (κ1) is 16.6. The van der Waals surface area contributed by atoms with Gasteiger partial charge in [0.2, 0.25) is 0 Å². The number of piperidine rings is 1. The van der Waals surface area contributed by atoms with Gasteiger partial charge in [-0.2, -0.15) is 5.26 Å². The van der Waals surface area contributed by atoms with Gasteiger partial charge in [0.1, 0.15) is 0 Å². The molecule has 1 heterocycles. The van der Waals surface area contributed by atoms with Crippen molar-refractivity contribution in [2.24, 2.45) is 5.92 Å². The largest absolute Gasteiger partial charge is 0.493 e. The van der Waals surface area contributed by atoms with Crippen LogP contribution < -0.4 is 9.47 Å². The number of likely N-dealkylation sites (tertiary alicyclic amines) is 1. The lowest BCUT2D eigenvalue weighted by Gasteiger charge is -2.30. The summed E-state index contributed by atoms with van der Waals surface area (Å²) in [5.41, 5.74) is 0.431. The molecule has 0 aliphatic carbocycles. The van der Waals surface area contributed by atoms with E-state index in [1.54, 1.807) is 12.1 Å². The van der Waals surface area contributed by atoms with Gasteiger partial charge in [0.05, 0.1) is 24.7 Å². The first-order valence-corrected chi connectivity index (χ1v) is 7.26. The van der Waals surface area contributed by atoms with Crippen molar-refractivity contribution >= 4 is 11.9 Å². The van der Waals surface area contributed by atoms with Crippen LogP contribution in [0.1, 0.15) is 18.4 Å². The molecule has 0 spiro atoms. The van der Waals surface area contributed by atoms with Gasteiger partial charge in [-0.1, -0.05) is 0 Å². The van der Waals surface area contributed by atoms with E-state index < -0.39 is 11.9 Å². The van der Waals surface area contributed by atoms with E-state index in [-0.39, 0.29) is 19.1 Å². The number of methoxy groups -OCH3 is 1. The molecule has 1 aromatic rings. The highest BCUT2D eigenvalue weighted by atomic mass is 16.5. The van der Waals surface area contributed by atoms with Crippen molar-refractivity contribution in [3.05, 3.63) is 23.8 Å². The van der Waals surface area contributed by atoms with Gasteiger partial charge in [0.25, 0.3) is 5.91 Å². The molecule has 23 heavy (non-hydrogen) atoms. The molecule has 122 valence electrons. The number of nitrogens with zero attached hydrogens (tertiary/aromatic N) is 2. The van der Waals surface area contributed by atoms with Crippen molar-refractivity contribution in [1.29, 1.82) is 5.26 Å². The quantitative estimate of drug-likeness (QED) is 0.877. The Morgan fingerprint density at radius 1 is 1.43 bits per heavy atom. The zero-order valence-electron chi connectivity index (χ0n) is 12.8. The molecule has 1 fully saturated rings. The van der Waals surface area contributed by atoms with E-state index in [1.807, 2.05) is 6.07 Å². The number of carbonyl (C=O) groups excluding carboxylic acids is 1. The van der Waals surface area contributed by atoms with Crippen molar-refractivity contribution in [1.82, 2.24) is 4.90 Å². The van der Waals surface area contributed by atoms with Crippen LogP contribution in [0.3, 0.4) is 0 Å². The lowest BCUT2D eigenvalue weighted by Crippen LogP contribution is -2.44. The zero-order valence-corrected chi connectivity index (χ0v) is 12.8. The Labute approximate surface area is 134 Å². The summed E-state index contributed by atoms with van der Waals surface area (Å²) in [4.78, 5) is 24.7. The molecule has 1 aliphatic rings. The average molecular weight is 318 g/mol. The molecule has 0 saturated carbocycles. The fourth-order valence-corrected chi connectivity index (χ4v) is 2.49.